The Morgan fingerprint density at radius 1 is 1.28 bits per heavy atom. The first-order chi connectivity index (χ1) is 8.66. The van der Waals surface area contributed by atoms with Crippen LogP contribution in [0.15, 0.2) is 30.3 Å². The van der Waals surface area contributed by atoms with Crippen LogP contribution in [0.25, 0.3) is 0 Å². The Hall–Kier alpha value is -1.15. The number of likely N-dealkylation sites (tertiary alicyclic amines) is 1. The highest BCUT2D eigenvalue weighted by Crippen LogP contribution is 2.22. The Balaban J connectivity index is 2.06. The van der Waals surface area contributed by atoms with Gasteiger partial charge in [0.2, 0.25) is 0 Å². The number of hydrogen-bond donors (Lipinski definition) is 0. The Kier molecular flexibility index (Phi) is 4.54. The summed E-state index contributed by atoms with van der Waals surface area (Å²) in [5.74, 6) is 1.02. The maximum absolute atomic E-state index is 12.1. The van der Waals surface area contributed by atoms with E-state index in [0.29, 0.717) is 11.7 Å². The summed E-state index contributed by atoms with van der Waals surface area (Å²) in [4.78, 5) is 14.5. The molecule has 0 saturated carbocycles. The van der Waals surface area contributed by atoms with E-state index < -0.39 is 0 Å². The Bertz CT molecular complexity index is 385. The van der Waals surface area contributed by atoms with Crippen molar-refractivity contribution in [3.63, 3.8) is 0 Å². The quantitative estimate of drug-likeness (QED) is 0.811. The van der Waals surface area contributed by atoms with Crippen LogP contribution in [0.3, 0.4) is 0 Å². The van der Waals surface area contributed by atoms with Gasteiger partial charge in [-0.1, -0.05) is 44.2 Å². The minimum Gasteiger partial charge on any atom is -0.298 e. The first kappa shape index (κ1) is 13.3. The lowest BCUT2D eigenvalue weighted by Crippen LogP contribution is -2.45. The molecule has 1 unspecified atom stereocenters. The summed E-state index contributed by atoms with van der Waals surface area (Å²) in [5.41, 5.74) is 1.31. The molecule has 0 amide bonds. The molecule has 0 radical (unpaired) electrons. The van der Waals surface area contributed by atoms with E-state index in [9.17, 15) is 4.79 Å². The van der Waals surface area contributed by atoms with Crippen LogP contribution in [0.4, 0.5) is 0 Å². The van der Waals surface area contributed by atoms with E-state index in [1.807, 2.05) is 6.07 Å². The van der Waals surface area contributed by atoms with E-state index in [0.717, 1.165) is 32.4 Å². The van der Waals surface area contributed by atoms with Crippen molar-refractivity contribution < 1.29 is 4.79 Å². The highest BCUT2D eigenvalue weighted by Gasteiger charge is 2.29. The molecule has 2 rings (SSSR count). The third-order valence-corrected chi connectivity index (χ3v) is 3.60. The van der Waals surface area contributed by atoms with Crippen molar-refractivity contribution in [1.82, 2.24) is 4.90 Å². The molecule has 0 spiro atoms. The number of carbonyl (C=O) groups is 1. The molecule has 1 aromatic rings. The molecule has 0 bridgehead atoms. The lowest BCUT2D eigenvalue weighted by Gasteiger charge is -2.35. The molecule has 1 aliphatic heterocycles. The fourth-order valence-corrected chi connectivity index (χ4v) is 2.72. The normalized spacial score (nSPS) is 21.5. The number of benzene rings is 1. The number of hydrogen-bond acceptors (Lipinski definition) is 2. The van der Waals surface area contributed by atoms with Gasteiger partial charge in [0.1, 0.15) is 5.78 Å². The molecule has 1 atom stereocenters. The Morgan fingerprint density at radius 2 is 2.00 bits per heavy atom. The van der Waals surface area contributed by atoms with Crippen LogP contribution < -0.4 is 0 Å². The molecule has 1 saturated heterocycles. The molecule has 0 aromatic heterocycles. The van der Waals surface area contributed by atoms with Gasteiger partial charge in [0.15, 0.2) is 0 Å². The fourth-order valence-electron chi connectivity index (χ4n) is 2.72. The van der Waals surface area contributed by atoms with Gasteiger partial charge < -0.3 is 0 Å². The maximum Gasteiger partial charge on any atom is 0.150 e. The number of rotatable bonds is 4. The number of carbonyl (C=O) groups excluding carboxylic acids is 1. The summed E-state index contributed by atoms with van der Waals surface area (Å²) in [7, 11) is 0. The van der Waals surface area contributed by atoms with Crippen LogP contribution in [0.1, 0.15) is 38.7 Å². The SMILES string of the molecule is CC(C)CC1C(=O)CCCN1Cc1ccccc1. The molecule has 1 aliphatic rings. The Labute approximate surface area is 110 Å². The molecule has 98 valence electrons. The summed E-state index contributed by atoms with van der Waals surface area (Å²) < 4.78 is 0. The van der Waals surface area contributed by atoms with Gasteiger partial charge in [0, 0.05) is 13.0 Å². The lowest BCUT2D eigenvalue weighted by molar-refractivity contribution is -0.127. The van der Waals surface area contributed by atoms with Gasteiger partial charge in [0.05, 0.1) is 6.04 Å². The van der Waals surface area contributed by atoms with Crippen LogP contribution in [0.2, 0.25) is 0 Å². The molecule has 2 nitrogen and oxygen atoms in total. The van der Waals surface area contributed by atoms with E-state index in [4.69, 9.17) is 0 Å². The summed E-state index contributed by atoms with van der Waals surface area (Å²) in [6.07, 6.45) is 2.77. The third kappa shape index (κ3) is 3.42. The third-order valence-electron chi connectivity index (χ3n) is 3.60. The minimum atomic E-state index is 0.138. The number of nitrogens with zero attached hydrogens (tertiary/aromatic N) is 1. The maximum atomic E-state index is 12.1. The predicted molar refractivity (Wildman–Crippen MR) is 74.3 cm³/mol. The molecule has 0 N–H and O–H groups in total. The second kappa shape index (κ2) is 6.14. The average molecular weight is 245 g/mol. The molecular formula is C16H23NO. The lowest BCUT2D eigenvalue weighted by atomic mass is 9.92. The fraction of sp³-hybridized carbons (Fsp3) is 0.562. The summed E-state index contributed by atoms with van der Waals surface area (Å²) in [5, 5.41) is 0. The van der Waals surface area contributed by atoms with Crippen molar-refractivity contribution in [2.24, 2.45) is 5.92 Å². The molecular weight excluding hydrogens is 222 g/mol. The Morgan fingerprint density at radius 3 is 2.67 bits per heavy atom. The van der Waals surface area contributed by atoms with Crippen molar-refractivity contribution in [2.75, 3.05) is 6.54 Å². The van der Waals surface area contributed by atoms with Gasteiger partial charge in [-0.25, -0.2) is 0 Å². The predicted octanol–water partition coefficient (Wildman–Crippen LogP) is 3.27. The van der Waals surface area contributed by atoms with Crippen molar-refractivity contribution in [3.05, 3.63) is 35.9 Å². The van der Waals surface area contributed by atoms with Crippen LogP contribution in [0, 0.1) is 5.92 Å². The molecule has 2 heteroatoms. The minimum absolute atomic E-state index is 0.138. The van der Waals surface area contributed by atoms with Crippen LogP contribution >= 0.6 is 0 Å². The number of ketones is 1. The molecule has 18 heavy (non-hydrogen) atoms. The van der Waals surface area contributed by atoms with E-state index in [1.165, 1.54) is 5.56 Å². The molecule has 1 fully saturated rings. The van der Waals surface area contributed by atoms with Gasteiger partial charge >= 0.3 is 0 Å². The van der Waals surface area contributed by atoms with Crippen LogP contribution in [-0.2, 0) is 11.3 Å². The molecule has 1 heterocycles. The first-order valence-electron chi connectivity index (χ1n) is 6.97. The van der Waals surface area contributed by atoms with E-state index in [2.05, 4.69) is 43.0 Å². The largest absolute Gasteiger partial charge is 0.298 e. The number of Topliss-reactive ketones (excluding diaryl/α,β-unsaturated/α-hetero) is 1. The average Bonchev–Trinajstić information content (AvgIpc) is 2.34. The first-order valence-corrected chi connectivity index (χ1v) is 6.97. The topological polar surface area (TPSA) is 20.3 Å². The van der Waals surface area contributed by atoms with Crippen LogP contribution in [-0.4, -0.2) is 23.3 Å². The van der Waals surface area contributed by atoms with E-state index >= 15 is 0 Å². The highest BCUT2D eigenvalue weighted by molar-refractivity contribution is 5.84. The number of piperidine rings is 1. The van der Waals surface area contributed by atoms with Crippen molar-refractivity contribution in [2.45, 2.75) is 45.7 Å². The van der Waals surface area contributed by atoms with Gasteiger partial charge in [0.25, 0.3) is 0 Å². The molecule has 1 aromatic carbocycles. The zero-order valence-electron chi connectivity index (χ0n) is 11.4. The standard InChI is InChI=1S/C16H23NO/c1-13(2)11-15-16(18)9-6-10-17(15)12-14-7-4-3-5-8-14/h3-5,7-8,13,15H,6,9-12H2,1-2H3. The van der Waals surface area contributed by atoms with Gasteiger partial charge in [-0.05, 0) is 30.9 Å². The summed E-state index contributed by atoms with van der Waals surface area (Å²) >= 11 is 0. The van der Waals surface area contributed by atoms with Crippen molar-refractivity contribution in [1.29, 1.82) is 0 Å². The van der Waals surface area contributed by atoms with E-state index in [-0.39, 0.29) is 6.04 Å². The summed E-state index contributed by atoms with van der Waals surface area (Å²) in [6.45, 7) is 6.35. The smallest absolute Gasteiger partial charge is 0.150 e. The molecule has 0 aliphatic carbocycles. The second-order valence-electron chi connectivity index (χ2n) is 5.67. The zero-order chi connectivity index (χ0) is 13.0. The van der Waals surface area contributed by atoms with Gasteiger partial charge in [-0.3, -0.25) is 9.69 Å². The van der Waals surface area contributed by atoms with Crippen LogP contribution in [0.5, 0.6) is 0 Å². The van der Waals surface area contributed by atoms with Crippen molar-refractivity contribution >= 4 is 5.78 Å². The zero-order valence-corrected chi connectivity index (χ0v) is 11.4. The van der Waals surface area contributed by atoms with Gasteiger partial charge in [-0.2, -0.15) is 0 Å². The second-order valence-corrected chi connectivity index (χ2v) is 5.67. The summed E-state index contributed by atoms with van der Waals surface area (Å²) in [6, 6.07) is 10.6. The van der Waals surface area contributed by atoms with E-state index in [1.54, 1.807) is 0 Å². The van der Waals surface area contributed by atoms with Crippen molar-refractivity contribution in [3.8, 4) is 0 Å². The monoisotopic (exact) mass is 245 g/mol. The van der Waals surface area contributed by atoms with Gasteiger partial charge in [-0.15, -0.1) is 0 Å². The highest BCUT2D eigenvalue weighted by atomic mass is 16.1.